The Hall–Kier alpha value is -2.32. The number of nitrogens with zero attached hydrogens (tertiary/aromatic N) is 3. The Balaban J connectivity index is 1.56. The highest BCUT2D eigenvalue weighted by molar-refractivity contribution is 7.08. The lowest BCUT2D eigenvalue weighted by molar-refractivity contribution is -0.274. The molecule has 8 heteroatoms. The summed E-state index contributed by atoms with van der Waals surface area (Å²) in [6.07, 6.45) is -2.76. The van der Waals surface area contributed by atoms with Gasteiger partial charge in [0.05, 0.1) is 12.4 Å². The maximum Gasteiger partial charge on any atom is 0.573 e. The van der Waals surface area contributed by atoms with Crippen molar-refractivity contribution in [2.75, 3.05) is 7.05 Å². The van der Waals surface area contributed by atoms with E-state index < -0.39 is 6.36 Å². The third-order valence-corrected chi connectivity index (χ3v) is 4.14. The molecule has 0 radical (unpaired) electrons. The van der Waals surface area contributed by atoms with Gasteiger partial charge in [0.25, 0.3) is 0 Å². The first-order valence-corrected chi connectivity index (χ1v) is 8.42. The van der Waals surface area contributed by atoms with E-state index in [1.807, 2.05) is 45.7 Å². The van der Waals surface area contributed by atoms with Crippen LogP contribution in [0.5, 0.6) is 5.75 Å². The van der Waals surface area contributed by atoms with Crippen LogP contribution in [0.3, 0.4) is 0 Å². The Morgan fingerprint density at radius 2 is 1.92 bits per heavy atom. The van der Waals surface area contributed by atoms with Crippen LogP contribution in [0.25, 0.3) is 11.3 Å². The zero-order valence-electron chi connectivity index (χ0n) is 13.4. The zero-order valence-corrected chi connectivity index (χ0v) is 14.2. The summed E-state index contributed by atoms with van der Waals surface area (Å²) in [5.41, 5.74) is 2.90. The van der Waals surface area contributed by atoms with Gasteiger partial charge in [-0.15, -0.1) is 13.2 Å². The lowest BCUT2D eigenvalue weighted by Gasteiger charge is -2.17. The van der Waals surface area contributed by atoms with Crippen molar-refractivity contribution in [3.05, 3.63) is 58.9 Å². The maximum atomic E-state index is 12.2. The smallest absolute Gasteiger partial charge is 0.406 e. The van der Waals surface area contributed by atoms with E-state index in [1.54, 1.807) is 23.5 Å². The van der Waals surface area contributed by atoms with E-state index in [0.29, 0.717) is 13.2 Å². The van der Waals surface area contributed by atoms with Gasteiger partial charge in [-0.2, -0.15) is 16.4 Å². The van der Waals surface area contributed by atoms with Gasteiger partial charge in [0.15, 0.2) is 0 Å². The van der Waals surface area contributed by atoms with E-state index in [9.17, 15) is 13.2 Å². The standard InChI is InChI=1S/C17H16F3N3OS/c1-22(10-13-2-4-15(5-3-13)24-17(18,19)20)12-23-8-6-16(21-23)14-7-9-25-11-14/h2-9,11H,10,12H2,1H3. The minimum atomic E-state index is -4.67. The van der Waals surface area contributed by atoms with Crippen molar-refractivity contribution in [3.8, 4) is 17.0 Å². The van der Waals surface area contributed by atoms with Crippen LogP contribution in [-0.2, 0) is 13.2 Å². The van der Waals surface area contributed by atoms with Crippen LogP contribution in [0.4, 0.5) is 13.2 Å². The van der Waals surface area contributed by atoms with Crippen molar-refractivity contribution < 1.29 is 17.9 Å². The van der Waals surface area contributed by atoms with E-state index in [2.05, 4.69) is 9.84 Å². The minimum Gasteiger partial charge on any atom is -0.406 e. The van der Waals surface area contributed by atoms with Crippen LogP contribution in [0, 0.1) is 0 Å². The first-order chi connectivity index (χ1) is 11.9. The molecule has 0 saturated heterocycles. The monoisotopic (exact) mass is 367 g/mol. The highest BCUT2D eigenvalue weighted by Gasteiger charge is 2.30. The number of benzene rings is 1. The molecule has 132 valence electrons. The Kier molecular flexibility index (Phi) is 5.10. The van der Waals surface area contributed by atoms with Crippen LogP contribution in [0.2, 0.25) is 0 Å². The molecule has 2 aromatic heterocycles. The van der Waals surface area contributed by atoms with Gasteiger partial charge < -0.3 is 4.74 Å². The normalized spacial score (nSPS) is 11.9. The van der Waals surface area contributed by atoms with E-state index in [-0.39, 0.29) is 5.75 Å². The van der Waals surface area contributed by atoms with Gasteiger partial charge in [-0.25, -0.2) is 0 Å². The number of halogens is 3. The number of alkyl halides is 3. The second-order valence-electron chi connectivity index (χ2n) is 5.60. The summed E-state index contributed by atoms with van der Waals surface area (Å²) in [6.45, 7) is 1.16. The van der Waals surface area contributed by atoms with Gasteiger partial charge in [0, 0.05) is 23.7 Å². The summed E-state index contributed by atoms with van der Waals surface area (Å²) in [5, 5.41) is 8.57. The molecule has 1 aromatic carbocycles. The highest BCUT2D eigenvalue weighted by atomic mass is 32.1. The third-order valence-electron chi connectivity index (χ3n) is 3.45. The molecular formula is C17H16F3N3OS. The highest BCUT2D eigenvalue weighted by Crippen LogP contribution is 2.23. The molecule has 4 nitrogen and oxygen atoms in total. The Morgan fingerprint density at radius 1 is 1.16 bits per heavy atom. The van der Waals surface area contributed by atoms with E-state index in [1.165, 1.54) is 12.1 Å². The van der Waals surface area contributed by atoms with Gasteiger partial charge in [-0.3, -0.25) is 9.58 Å². The molecule has 0 spiro atoms. The maximum absolute atomic E-state index is 12.2. The Bertz CT molecular complexity index is 797. The SMILES string of the molecule is CN(Cc1ccc(OC(F)(F)F)cc1)Cn1ccc(-c2ccsc2)n1. The predicted molar refractivity (Wildman–Crippen MR) is 90.1 cm³/mol. The molecule has 0 aliphatic carbocycles. The topological polar surface area (TPSA) is 30.3 Å². The van der Waals surface area contributed by atoms with Gasteiger partial charge in [-0.1, -0.05) is 12.1 Å². The first-order valence-electron chi connectivity index (χ1n) is 7.48. The molecule has 0 unspecified atom stereocenters. The number of rotatable bonds is 6. The van der Waals surface area contributed by atoms with Crippen LogP contribution in [-0.4, -0.2) is 28.1 Å². The number of aromatic nitrogens is 2. The van der Waals surface area contributed by atoms with Crippen molar-refractivity contribution in [3.63, 3.8) is 0 Å². The second kappa shape index (κ2) is 7.28. The fourth-order valence-electron chi connectivity index (χ4n) is 2.41. The molecule has 3 aromatic rings. The molecule has 25 heavy (non-hydrogen) atoms. The van der Waals surface area contributed by atoms with E-state index in [4.69, 9.17) is 0 Å². The third kappa shape index (κ3) is 5.07. The largest absolute Gasteiger partial charge is 0.573 e. The number of ether oxygens (including phenoxy) is 1. The molecule has 0 bridgehead atoms. The summed E-state index contributed by atoms with van der Waals surface area (Å²) < 4.78 is 42.2. The molecule has 0 aliphatic heterocycles. The molecule has 0 saturated carbocycles. The van der Waals surface area contributed by atoms with Crippen molar-refractivity contribution in [1.82, 2.24) is 14.7 Å². The summed E-state index contributed by atoms with van der Waals surface area (Å²) in [4.78, 5) is 2.02. The van der Waals surface area contributed by atoms with Gasteiger partial charge in [-0.05, 0) is 42.3 Å². The minimum absolute atomic E-state index is 0.216. The van der Waals surface area contributed by atoms with Gasteiger partial charge in [0.2, 0.25) is 0 Å². The van der Waals surface area contributed by atoms with Crippen LogP contribution >= 0.6 is 11.3 Å². The lowest BCUT2D eigenvalue weighted by atomic mass is 10.2. The molecule has 0 aliphatic rings. The number of hydrogen-bond acceptors (Lipinski definition) is 4. The molecule has 0 fully saturated rings. The Morgan fingerprint density at radius 3 is 2.56 bits per heavy atom. The lowest BCUT2D eigenvalue weighted by Crippen LogP contribution is -2.22. The van der Waals surface area contributed by atoms with Gasteiger partial charge >= 0.3 is 6.36 Å². The van der Waals surface area contributed by atoms with Crippen molar-refractivity contribution in [2.45, 2.75) is 19.6 Å². The molecule has 0 atom stereocenters. The zero-order chi connectivity index (χ0) is 17.9. The average Bonchev–Trinajstić information content (AvgIpc) is 3.18. The number of hydrogen-bond donors (Lipinski definition) is 0. The fraction of sp³-hybridized carbons (Fsp3) is 0.235. The van der Waals surface area contributed by atoms with Gasteiger partial charge in [0.1, 0.15) is 5.75 Å². The van der Waals surface area contributed by atoms with Crippen LogP contribution in [0.1, 0.15) is 5.56 Å². The van der Waals surface area contributed by atoms with Crippen molar-refractivity contribution in [2.24, 2.45) is 0 Å². The molecular weight excluding hydrogens is 351 g/mol. The second-order valence-corrected chi connectivity index (χ2v) is 6.38. The number of thiophene rings is 1. The summed E-state index contributed by atoms with van der Waals surface area (Å²) in [7, 11) is 1.92. The summed E-state index contributed by atoms with van der Waals surface area (Å²) >= 11 is 1.62. The molecule has 2 heterocycles. The fourth-order valence-corrected chi connectivity index (χ4v) is 3.06. The van der Waals surface area contributed by atoms with E-state index in [0.717, 1.165) is 16.8 Å². The molecule has 3 rings (SSSR count). The predicted octanol–water partition coefficient (Wildman–Crippen LogP) is 4.60. The Labute approximate surface area is 147 Å². The first kappa shape index (κ1) is 17.5. The van der Waals surface area contributed by atoms with Crippen LogP contribution in [0.15, 0.2) is 53.4 Å². The quantitative estimate of drug-likeness (QED) is 0.638. The van der Waals surface area contributed by atoms with E-state index >= 15 is 0 Å². The van der Waals surface area contributed by atoms with Crippen molar-refractivity contribution in [1.29, 1.82) is 0 Å². The van der Waals surface area contributed by atoms with Crippen LogP contribution < -0.4 is 4.74 Å². The summed E-state index contributed by atoms with van der Waals surface area (Å²) in [5.74, 6) is -0.216. The molecule has 0 N–H and O–H groups in total. The average molecular weight is 367 g/mol. The van der Waals surface area contributed by atoms with Crippen molar-refractivity contribution >= 4 is 11.3 Å². The molecule has 0 amide bonds. The summed E-state index contributed by atoms with van der Waals surface area (Å²) in [6, 6.07) is 9.86.